The molecule has 1 aliphatic heterocycles. The molecule has 1 heterocycles. The summed E-state index contributed by atoms with van der Waals surface area (Å²) in [5.74, 6) is 0. The van der Waals surface area contributed by atoms with E-state index in [0.717, 1.165) is 13.0 Å². The molecule has 1 aliphatic rings. The van der Waals surface area contributed by atoms with Crippen molar-refractivity contribution >= 4 is 5.69 Å². The monoisotopic (exact) mass is 218 g/mol. The van der Waals surface area contributed by atoms with Crippen LogP contribution < -0.4 is 10.6 Å². The summed E-state index contributed by atoms with van der Waals surface area (Å²) >= 11 is 0. The van der Waals surface area contributed by atoms with Crippen LogP contribution in [0.15, 0.2) is 18.2 Å². The molecule has 2 N–H and O–H groups in total. The first kappa shape index (κ1) is 11.5. The van der Waals surface area contributed by atoms with Crippen molar-refractivity contribution in [2.24, 2.45) is 5.73 Å². The van der Waals surface area contributed by atoms with Crippen molar-refractivity contribution in [3.8, 4) is 0 Å². The minimum absolute atomic E-state index is 0.261. The van der Waals surface area contributed by atoms with Crippen molar-refractivity contribution in [2.45, 2.75) is 45.7 Å². The van der Waals surface area contributed by atoms with Crippen molar-refractivity contribution in [1.82, 2.24) is 0 Å². The number of nitrogens with zero attached hydrogens (tertiary/aromatic N) is 1. The second-order valence-electron chi connectivity index (χ2n) is 5.57. The standard InChI is InChI=1S/C14H22N2/c1-10(2)16-9-8-11-6-5-7-12(13(11)16)14(3,4)15/h5-7,10H,8-9,15H2,1-4H3. The molecule has 0 radical (unpaired) electrons. The smallest absolute Gasteiger partial charge is 0.0452 e. The maximum Gasteiger partial charge on any atom is 0.0452 e. The number of anilines is 1. The fourth-order valence-electron chi connectivity index (χ4n) is 2.52. The highest BCUT2D eigenvalue weighted by Crippen LogP contribution is 2.37. The maximum atomic E-state index is 6.27. The van der Waals surface area contributed by atoms with Crippen LogP contribution in [0.25, 0.3) is 0 Å². The Kier molecular flexibility index (Phi) is 2.70. The lowest BCUT2D eigenvalue weighted by atomic mass is 9.91. The van der Waals surface area contributed by atoms with Gasteiger partial charge >= 0.3 is 0 Å². The zero-order valence-electron chi connectivity index (χ0n) is 10.7. The second-order valence-corrected chi connectivity index (χ2v) is 5.57. The summed E-state index contributed by atoms with van der Waals surface area (Å²) in [6, 6.07) is 7.07. The lowest BCUT2D eigenvalue weighted by Gasteiger charge is -2.31. The van der Waals surface area contributed by atoms with Gasteiger partial charge in [0.25, 0.3) is 0 Å². The highest BCUT2D eigenvalue weighted by atomic mass is 15.2. The largest absolute Gasteiger partial charge is 0.368 e. The van der Waals surface area contributed by atoms with Crippen LogP contribution >= 0.6 is 0 Å². The minimum Gasteiger partial charge on any atom is -0.368 e. The summed E-state index contributed by atoms with van der Waals surface area (Å²) in [7, 11) is 0. The van der Waals surface area contributed by atoms with Gasteiger partial charge in [0.2, 0.25) is 0 Å². The Bertz CT molecular complexity index is 388. The van der Waals surface area contributed by atoms with E-state index in [1.807, 2.05) is 0 Å². The topological polar surface area (TPSA) is 29.3 Å². The Morgan fingerprint density at radius 1 is 1.31 bits per heavy atom. The van der Waals surface area contributed by atoms with Crippen LogP contribution in [0.4, 0.5) is 5.69 Å². The highest BCUT2D eigenvalue weighted by Gasteiger charge is 2.28. The fraction of sp³-hybridized carbons (Fsp3) is 0.571. The number of fused-ring (bicyclic) bond motifs is 1. The maximum absolute atomic E-state index is 6.27. The first-order chi connectivity index (χ1) is 7.41. The van der Waals surface area contributed by atoms with Gasteiger partial charge in [-0.1, -0.05) is 18.2 Å². The molecule has 0 fully saturated rings. The molecule has 0 spiro atoms. The number of rotatable bonds is 2. The molecule has 2 nitrogen and oxygen atoms in total. The van der Waals surface area contributed by atoms with E-state index in [1.54, 1.807) is 0 Å². The van der Waals surface area contributed by atoms with E-state index >= 15 is 0 Å². The van der Waals surface area contributed by atoms with Crippen LogP contribution in [0.3, 0.4) is 0 Å². The van der Waals surface area contributed by atoms with E-state index in [0.29, 0.717) is 6.04 Å². The summed E-state index contributed by atoms with van der Waals surface area (Å²) in [6.45, 7) is 9.78. The third-order valence-corrected chi connectivity index (χ3v) is 3.35. The first-order valence-corrected chi connectivity index (χ1v) is 6.09. The van der Waals surface area contributed by atoms with E-state index in [4.69, 9.17) is 5.73 Å². The Hall–Kier alpha value is -1.02. The van der Waals surface area contributed by atoms with Gasteiger partial charge < -0.3 is 10.6 Å². The quantitative estimate of drug-likeness (QED) is 0.827. The molecular formula is C14H22N2. The van der Waals surface area contributed by atoms with Gasteiger partial charge in [-0.2, -0.15) is 0 Å². The molecule has 0 saturated carbocycles. The van der Waals surface area contributed by atoms with Gasteiger partial charge in [0.05, 0.1) is 0 Å². The summed E-state index contributed by atoms with van der Waals surface area (Å²) in [4.78, 5) is 2.47. The Labute approximate surface area is 98.4 Å². The molecule has 0 bridgehead atoms. The van der Waals surface area contributed by atoms with Crippen molar-refractivity contribution in [3.05, 3.63) is 29.3 Å². The van der Waals surface area contributed by atoms with Gasteiger partial charge in [-0.25, -0.2) is 0 Å². The van der Waals surface area contributed by atoms with E-state index in [-0.39, 0.29) is 5.54 Å². The van der Waals surface area contributed by atoms with Crippen LogP contribution in [0.2, 0.25) is 0 Å². The summed E-state index contributed by atoms with van der Waals surface area (Å²) in [5, 5.41) is 0. The van der Waals surface area contributed by atoms with Crippen LogP contribution in [0.1, 0.15) is 38.8 Å². The van der Waals surface area contributed by atoms with Gasteiger partial charge in [-0.05, 0) is 45.2 Å². The molecule has 0 unspecified atom stereocenters. The van der Waals surface area contributed by atoms with Gasteiger partial charge in [0.15, 0.2) is 0 Å². The van der Waals surface area contributed by atoms with E-state index in [2.05, 4.69) is 50.8 Å². The molecule has 0 saturated heterocycles. The molecule has 2 rings (SSSR count). The molecule has 16 heavy (non-hydrogen) atoms. The summed E-state index contributed by atoms with van der Waals surface area (Å²) in [6.07, 6.45) is 1.15. The SMILES string of the molecule is CC(C)N1CCc2cccc(C(C)(C)N)c21. The molecule has 0 atom stereocenters. The van der Waals surface area contributed by atoms with E-state index in [9.17, 15) is 0 Å². The van der Waals surface area contributed by atoms with Crippen LogP contribution in [0, 0.1) is 0 Å². The molecule has 0 aromatic heterocycles. The lowest BCUT2D eigenvalue weighted by molar-refractivity contribution is 0.551. The van der Waals surface area contributed by atoms with Crippen LogP contribution in [-0.4, -0.2) is 12.6 Å². The normalized spacial score (nSPS) is 15.8. The average Bonchev–Trinajstić information content (AvgIpc) is 2.58. The van der Waals surface area contributed by atoms with Gasteiger partial charge in [0, 0.05) is 23.8 Å². The third kappa shape index (κ3) is 1.82. The molecule has 88 valence electrons. The zero-order chi connectivity index (χ0) is 11.9. The second kappa shape index (κ2) is 3.77. The first-order valence-electron chi connectivity index (χ1n) is 6.09. The van der Waals surface area contributed by atoms with E-state index in [1.165, 1.54) is 16.8 Å². The average molecular weight is 218 g/mol. The minimum atomic E-state index is -0.261. The van der Waals surface area contributed by atoms with Gasteiger partial charge in [-0.15, -0.1) is 0 Å². The third-order valence-electron chi connectivity index (χ3n) is 3.35. The number of hydrogen-bond donors (Lipinski definition) is 1. The number of para-hydroxylation sites is 1. The van der Waals surface area contributed by atoms with Crippen molar-refractivity contribution < 1.29 is 0 Å². The van der Waals surface area contributed by atoms with Crippen LogP contribution in [-0.2, 0) is 12.0 Å². The molecule has 0 amide bonds. The molecular weight excluding hydrogens is 196 g/mol. The highest BCUT2D eigenvalue weighted by molar-refractivity contribution is 5.65. The predicted molar refractivity (Wildman–Crippen MR) is 69.8 cm³/mol. The zero-order valence-corrected chi connectivity index (χ0v) is 10.7. The lowest BCUT2D eigenvalue weighted by Crippen LogP contribution is -2.34. The van der Waals surface area contributed by atoms with E-state index < -0.39 is 0 Å². The molecule has 0 aliphatic carbocycles. The van der Waals surface area contributed by atoms with Crippen molar-refractivity contribution in [2.75, 3.05) is 11.4 Å². The van der Waals surface area contributed by atoms with Gasteiger partial charge in [0.1, 0.15) is 0 Å². The molecule has 2 heteroatoms. The summed E-state index contributed by atoms with van der Waals surface area (Å²) < 4.78 is 0. The van der Waals surface area contributed by atoms with Crippen LogP contribution in [0.5, 0.6) is 0 Å². The number of hydrogen-bond acceptors (Lipinski definition) is 2. The Balaban J connectivity index is 2.54. The number of benzene rings is 1. The summed E-state index contributed by atoms with van der Waals surface area (Å²) in [5.41, 5.74) is 10.1. The van der Waals surface area contributed by atoms with Crippen molar-refractivity contribution in [1.29, 1.82) is 0 Å². The molecule has 1 aromatic carbocycles. The number of nitrogens with two attached hydrogens (primary N) is 1. The Morgan fingerprint density at radius 2 is 2.00 bits per heavy atom. The predicted octanol–water partition coefficient (Wildman–Crippen LogP) is 2.65. The Morgan fingerprint density at radius 3 is 2.56 bits per heavy atom. The molecule has 1 aromatic rings. The van der Waals surface area contributed by atoms with Gasteiger partial charge in [-0.3, -0.25) is 0 Å². The fourth-order valence-corrected chi connectivity index (χ4v) is 2.52. The van der Waals surface area contributed by atoms with Crippen molar-refractivity contribution in [3.63, 3.8) is 0 Å².